The molecule has 130 valence electrons. The molecule has 23 heavy (non-hydrogen) atoms. The van der Waals surface area contributed by atoms with Gasteiger partial charge < -0.3 is 0 Å². The summed E-state index contributed by atoms with van der Waals surface area (Å²) in [6.07, 6.45) is 12.8. The van der Waals surface area contributed by atoms with Gasteiger partial charge in [0.15, 0.2) is 0 Å². The van der Waals surface area contributed by atoms with Crippen molar-refractivity contribution in [2.45, 2.75) is 67.2 Å². The summed E-state index contributed by atoms with van der Waals surface area (Å²) >= 11 is 0. The lowest BCUT2D eigenvalue weighted by molar-refractivity contribution is 0.478. The summed E-state index contributed by atoms with van der Waals surface area (Å²) in [7, 11) is 0. The molecule has 0 aromatic carbocycles. The SMILES string of the molecule is C=C/C=C1\C(=C)C2(CCCC2)C(C=C)=C1C=C.CC.CC.CC. The van der Waals surface area contributed by atoms with Gasteiger partial charge in [0.1, 0.15) is 0 Å². The van der Waals surface area contributed by atoms with E-state index in [0.29, 0.717) is 0 Å². The molecule has 0 nitrogen and oxygen atoms in total. The maximum atomic E-state index is 4.33. The largest absolute Gasteiger partial charge is 0.0990 e. The molecule has 0 unspecified atom stereocenters. The Morgan fingerprint density at radius 3 is 1.65 bits per heavy atom. The second-order valence-corrected chi connectivity index (χ2v) is 4.82. The Labute approximate surface area is 146 Å². The maximum Gasteiger partial charge on any atom is 0.0209 e. The molecule has 0 heterocycles. The highest BCUT2D eigenvalue weighted by Crippen LogP contribution is 2.58. The van der Waals surface area contributed by atoms with Crippen molar-refractivity contribution in [1.29, 1.82) is 0 Å². The number of rotatable bonds is 3. The Kier molecular flexibility index (Phi) is 13.3. The molecule has 0 atom stereocenters. The van der Waals surface area contributed by atoms with Crippen molar-refractivity contribution in [2.75, 3.05) is 0 Å². The third kappa shape index (κ3) is 4.70. The van der Waals surface area contributed by atoms with Gasteiger partial charge in [-0.2, -0.15) is 0 Å². The Balaban J connectivity index is 0. The molecule has 0 amide bonds. The monoisotopic (exact) mass is 314 g/mol. The van der Waals surface area contributed by atoms with Gasteiger partial charge >= 0.3 is 0 Å². The van der Waals surface area contributed by atoms with Gasteiger partial charge in [-0.3, -0.25) is 0 Å². The van der Waals surface area contributed by atoms with Crippen molar-refractivity contribution in [3.05, 3.63) is 72.9 Å². The van der Waals surface area contributed by atoms with Crippen LogP contribution in [0.25, 0.3) is 0 Å². The third-order valence-electron chi connectivity index (χ3n) is 4.15. The van der Waals surface area contributed by atoms with Crippen molar-refractivity contribution in [2.24, 2.45) is 5.41 Å². The minimum Gasteiger partial charge on any atom is -0.0990 e. The predicted octanol–water partition coefficient (Wildman–Crippen LogP) is 7.98. The second-order valence-electron chi connectivity index (χ2n) is 4.82. The molecule has 0 aromatic rings. The molecule has 1 saturated carbocycles. The molecule has 0 aromatic heterocycles. The van der Waals surface area contributed by atoms with E-state index < -0.39 is 0 Å². The van der Waals surface area contributed by atoms with Crippen LogP contribution in [0.15, 0.2) is 72.9 Å². The van der Waals surface area contributed by atoms with Gasteiger partial charge in [0.25, 0.3) is 0 Å². The zero-order valence-corrected chi connectivity index (χ0v) is 16.5. The highest BCUT2D eigenvalue weighted by atomic mass is 14.5. The third-order valence-corrected chi connectivity index (χ3v) is 4.15. The predicted molar refractivity (Wildman–Crippen MR) is 110 cm³/mol. The second kappa shape index (κ2) is 12.9. The first-order chi connectivity index (χ1) is 11.2. The van der Waals surface area contributed by atoms with Crippen LogP contribution in [0.5, 0.6) is 0 Å². The molecule has 2 rings (SSSR count). The van der Waals surface area contributed by atoms with Gasteiger partial charge in [0.2, 0.25) is 0 Å². The quantitative estimate of drug-likeness (QED) is 0.495. The lowest BCUT2D eigenvalue weighted by Crippen LogP contribution is -2.16. The molecule has 2 aliphatic carbocycles. The van der Waals surface area contributed by atoms with E-state index in [1.807, 2.05) is 59.8 Å². The van der Waals surface area contributed by atoms with Crippen LogP contribution in [-0.2, 0) is 0 Å². The van der Waals surface area contributed by atoms with Gasteiger partial charge in [-0.05, 0) is 35.1 Å². The fourth-order valence-electron chi connectivity index (χ4n) is 3.37. The normalized spacial score (nSPS) is 19.0. The molecular formula is C23H38. The summed E-state index contributed by atoms with van der Waals surface area (Å²) in [6, 6.07) is 0. The smallest absolute Gasteiger partial charge is 0.0209 e. The van der Waals surface area contributed by atoms with E-state index in [9.17, 15) is 0 Å². The van der Waals surface area contributed by atoms with Crippen molar-refractivity contribution in [3.8, 4) is 0 Å². The lowest BCUT2D eigenvalue weighted by atomic mass is 9.76. The fraction of sp³-hybridized carbons (Fsp3) is 0.478. The van der Waals surface area contributed by atoms with E-state index in [2.05, 4.69) is 32.4 Å². The number of allylic oxidation sites excluding steroid dienone is 8. The van der Waals surface area contributed by atoms with Crippen LogP contribution in [0.1, 0.15) is 67.2 Å². The Hall–Kier alpha value is -1.56. The topological polar surface area (TPSA) is 0 Å². The van der Waals surface area contributed by atoms with Crippen LogP contribution in [0, 0.1) is 5.41 Å². The summed E-state index contributed by atoms with van der Waals surface area (Å²) in [5.41, 5.74) is 5.10. The van der Waals surface area contributed by atoms with Crippen molar-refractivity contribution >= 4 is 0 Å². The molecule has 1 spiro atoms. The van der Waals surface area contributed by atoms with Crippen molar-refractivity contribution in [3.63, 3.8) is 0 Å². The first kappa shape index (κ1) is 23.7. The summed E-state index contributed by atoms with van der Waals surface area (Å²) < 4.78 is 0. The highest BCUT2D eigenvalue weighted by Gasteiger charge is 2.45. The zero-order chi connectivity index (χ0) is 18.5. The van der Waals surface area contributed by atoms with Crippen molar-refractivity contribution in [1.82, 2.24) is 0 Å². The Morgan fingerprint density at radius 2 is 1.30 bits per heavy atom. The standard InChI is InChI=1S/C17H20.3C2H6/c1-5-10-15-13(4)17(11-8-9-12-17)16(7-3)14(15)6-2;3*1-2/h5-7,10H,1-4,8-9,11-12H2;3*1-2H3/b15-10+;;;. The van der Waals surface area contributed by atoms with Gasteiger partial charge in [0.05, 0.1) is 0 Å². The van der Waals surface area contributed by atoms with Gasteiger partial charge in [0, 0.05) is 5.41 Å². The molecule has 0 radical (unpaired) electrons. The lowest BCUT2D eigenvalue weighted by Gasteiger charge is -2.27. The highest BCUT2D eigenvalue weighted by molar-refractivity contribution is 5.68. The molecular weight excluding hydrogens is 276 g/mol. The first-order valence-corrected chi connectivity index (χ1v) is 9.23. The fourth-order valence-corrected chi connectivity index (χ4v) is 3.37. The van der Waals surface area contributed by atoms with Crippen LogP contribution in [0.2, 0.25) is 0 Å². The van der Waals surface area contributed by atoms with E-state index in [4.69, 9.17) is 0 Å². The molecule has 2 aliphatic rings. The molecule has 1 fully saturated rings. The summed E-state index contributed by atoms with van der Waals surface area (Å²) in [5.74, 6) is 0. The minimum absolute atomic E-state index is 0.139. The Morgan fingerprint density at radius 1 is 0.826 bits per heavy atom. The van der Waals surface area contributed by atoms with E-state index in [1.165, 1.54) is 48.0 Å². The van der Waals surface area contributed by atoms with Gasteiger partial charge in [-0.1, -0.05) is 105 Å². The maximum absolute atomic E-state index is 4.33. The van der Waals surface area contributed by atoms with Crippen LogP contribution in [-0.4, -0.2) is 0 Å². The van der Waals surface area contributed by atoms with E-state index in [0.717, 1.165) is 0 Å². The number of hydrogen-bond donors (Lipinski definition) is 0. The molecule has 0 bridgehead atoms. The van der Waals surface area contributed by atoms with E-state index >= 15 is 0 Å². The van der Waals surface area contributed by atoms with Crippen LogP contribution < -0.4 is 0 Å². The molecule has 0 saturated heterocycles. The van der Waals surface area contributed by atoms with Crippen molar-refractivity contribution < 1.29 is 0 Å². The molecule has 0 aliphatic heterocycles. The summed E-state index contributed by atoms with van der Waals surface area (Å²) in [4.78, 5) is 0. The molecule has 0 heteroatoms. The van der Waals surface area contributed by atoms with Crippen LogP contribution in [0.4, 0.5) is 0 Å². The zero-order valence-electron chi connectivity index (χ0n) is 16.5. The molecule has 0 N–H and O–H groups in total. The van der Waals surface area contributed by atoms with Gasteiger partial charge in [-0.25, -0.2) is 0 Å². The average Bonchev–Trinajstić information content (AvgIpc) is 3.20. The first-order valence-electron chi connectivity index (χ1n) is 9.23. The Bertz CT molecular complexity index is 448. The van der Waals surface area contributed by atoms with Gasteiger partial charge in [-0.15, -0.1) is 0 Å². The van der Waals surface area contributed by atoms with E-state index in [-0.39, 0.29) is 5.41 Å². The number of hydrogen-bond acceptors (Lipinski definition) is 0. The minimum atomic E-state index is 0.139. The van der Waals surface area contributed by atoms with Crippen LogP contribution in [0.3, 0.4) is 0 Å². The average molecular weight is 315 g/mol. The van der Waals surface area contributed by atoms with E-state index in [1.54, 1.807) is 0 Å². The van der Waals surface area contributed by atoms with Crippen LogP contribution >= 0.6 is 0 Å². The summed E-state index contributed by atoms with van der Waals surface area (Å²) in [6.45, 7) is 28.1. The summed E-state index contributed by atoms with van der Waals surface area (Å²) in [5, 5.41) is 0.